The molecule has 2 saturated carbocycles. The predicted molar refractivity (Wildman–Crippen MR) is 82.4 cm³/mol. The van der Waals surface area contributed by atoms with Gasteiger partial charge in [0.05, 0.1) is 0 Å². The third-order valence-corrected chi connectivity index (χ3v) is 5.53. The fraction of sp³-hybridized carbons (Fsp3) is 0.684. The SMILES string of the molecule is Cc1ccc(C2CCC(CC3CC(C)C3)CC2)cc1. The van der Waals surface area contributed by atoms with Crippen molar-refractivity contribution in [1.82, 2.24) is 0 Å². The Kier molecular flexibility index (Phi) is 3.96. The molecule has 1 aromatic carbocycles. The highest BCUT2D eigenvalue weighted by atomic mass is 14.4. The predicted octanol–water partition coefficient (Wildman–Crippen LogP) is 5.71. The summed E-state index contributed by atoms with van der Waals surface area (Å²) in [6, 6.07) is 9.26. The minimum atomic E-state index is 0.845. The molecule has 0 nitrogen and oxygen atoms in total. The van der Waals surface area contributed by atoms with Crippen molar-refractivity contribution in [3.63, 3.8) is 0 Å². The number of aryl methyl sites for hydroxylation is 1. The second-order valence-corrected chi connectivity index (χ2v) is 7.31. The van der Waals surface area contributed by atoms with Crippen LogP contribution < -0.4 is 0 Å². The van der Waals surface area contributed by atoms with Crippen LogP contribution in [0, 0.1) is 24.7 Å². The summed E-state index contributed by atoms with van der Waals surface area (Å²) in [4.78, 5) is 0. The van der Waals surface area contributed by atoms with Gasteiger partial charge in [0.1, 0.15) is 0 Å². The van der Waals surface area contributed by atoms with E-state index >= 15 is 0 Å². The van der Waals surface area contributed by atoms with Crippen LogP contribution in [0.4, 0.5) is 0 Å². The molecule has 0 unspecified atom stereocenters. The lowest BCUT2D eigenvalue weighted by Crippen LogP contribution is -2.25. The summed E-state index contributed by atoms with van der Waals surface area (Å²) in [5.74, 6) is 3.99. The Morgan fingerprint density at radius 1 is 0.895 bits per heavy atom. The number of hydrogen-bond acceptors (Lipinski definition) is 0. The molecule has 0 saturated heterocycles. The van der Waals surface area contributed by atoms with Gasteiger partial charge in [-0.05, 0) is 81.1 Å². The largest absolute Gasteiger partial charge is 0.0625 e. The molecule has 0 heterocycles. The first-order valence-corrected chi connectivity index (χ1v) is 8.27. The van der Waals surface area contributed by atoms with Crippen LogP contribution in [0.3, 0.4) is 0 Å². The van der Waals surface area contributed by atoms with Crippen molar-refractivity contribution < 1.29 is 0 Å². The van der Waals surface area contributed by atoms with Gasteiger partial charge in [-0.25, -0.2) is 0 Å². The Balaban J connectivity index is 1.47. The molecule has 1 aromatic rings. The van der Waals surface area contributed by atoms with Gasteiger partial charge in [-0.15, -0.1) is 0 Å². The first kappa shape index (κ1) is 13.2. The van der Waals surface area contributed by atoms with Crippen molar-refractivity contribution in [2.75, 3.05) is 0 Å². The molecule has 2 aliphatic rings. The lowest BCUT2D eigenvalue weighted by atomic mass is 9.68. The lowest BCUT2D eigenvalue weighted by molar-refractivity contribution is 0.153. The van der Waals surface area contributed by atoms with Crippen molar-refractivity contribution in [3.05, 3.63) is 35.4 Å². The van der Waals surface area contributed by atoms with E-state index in [0.717, 1.165) is 23.7 Å². The van der Waals surface area contributed by atoms with Crippen molar-refractivity contribution >= 4 is 0 Å². The van der Waals surface area contributed by atoms with E-state index in [9.17, 15) is 0 Å². The van der Waals surface area contributed by atoms with E-state index in [1.807, 2.05) is 0 Å². The highest BCUT2D eigenvalue weighted by Crippen LogP contribution is 2.43. The van der Waals surface area contributed by atoms with Gasteiger partial charge < -0.3 is 0 Å². The van der Waals surface area contributed by atoms with Gasteiger partial charge in [-0.2, -0.15) is 0 Å². The van der Waals surface area contributed by atoms with Crippen LogP contribution in [0.25, 0.3) is 0 Å². The summed E-state index contributed by atoms with van der Waals surface area (Å²) < 4.78 is 0. The topological polar surface area (TPSA) is 0 Å². The van der Waals surface area contributed by atoms with Gasteiger partial charge in [0, 0.05) is 0 Å². The molecule has 0 radical (unpaired) electrons. The zero-order valence-corrected chi connectivity index (χ0v) is 12.6. The van der Waals surface area contributed by atoms with Crippen molar-refractivity contribution in [1.29, 1.82) is 0 Å². The monoisotopic (exact) mass is 256 g/mol. The second-order valence-electron chi connectivity index (χ2n) is 7.31. The summed E-state index contributed by atoms with van der Waals surface area (Å²) >= 11 is 0. The van der Waals surface area contributed by atoms with E-state index < -0.39 is 0 Å². The summed E-state index contributed by atoms with van der Waals surface area (Å²) in [6.07, 6.45) is 10.4. The molecule has 0 aliphatic heterocycles. The normalized spacial score (nSPS) is 34.8. The van der Waals surface area contributed by atoms with Crippen LogP contribution >= 0.6 is 0 Å². The van der Waals surface area contributed by atoms with Crippen molar-refractivity contribution in [2.45, 2.75) is 64.7 Å². The Morgan fingerprint density at radius 2 is 1.53 bits per heavy atom. The molecule has 0 atom stereocenters. The first-order valence-electron chi connectivity index (χ1n) is 8.27. The average Bonchev–Trinajstić information content (AvgIpc) is 2.39. The molecular formula is C19H28. The van der Waals surface area contributed by atoms with Crippen molar-refractivity contribution in [3.8, 4) is 0 Å². The maximum absolute atomic E-state index is 2.41. The van der Waals surface area contributed by atoms with Gasteiger partial charge in [0.2, 0.25) is 0 Å². The van der Waals surface area contributed by atoms with Gasteiger partial charge in [0.15, 0.2) is 0 Å². The van der Waals surface area contributed by atoms with Gasteiger partial charge >= 0.3 is 0 Å². The summed E-state index contributed by atoms with van der Waals surface area (Å²) in [6.45, 7) is 4.59. The van der Waals surface area contributed by atoms with E-state index in [0.29, 0.717) is 0 Å². The Labute approximate surface area is 118 Å². The Morgan fingerprint density at radius 3 is 2.11 bits per heavy atom. The fourth-order valence-electron chi connectivity index (χ4n) is 4.30. The smallest absolute Gasteiger partial charge is 0.0162 e. The van der Waals surface area contributed by atoms with Crippen molar-refractivity contribution in [2.24, 2.45) is 17.8 Å². The molecule has 104 valence electrons. The number of hydrogen-bond donors (Lipinski definition) is 0. The van der Waals surface area contributed by atoms with Crippen LogP contribution in [0.1, 0.15) is 68.9 Å². The minimum absolute atomic E-state index is 0.845. The third kappa shape index (κ3) is 3.22. The molecule has 0 aromatic heterocycles. The standard InChI is InChI=1S/C19H28/c1-14-3-7-18(8-4-14)19-9-5-16(6-10-19)13-17-11-15(2)12-17/h3-4,7-8,15-17,19H,5-6,9-13H2,1-2H3. The maximum atomic E-state index is 2.41. The van der Waals surface area contributed by atoms with Gasteiger partial charge in [-0.1, -0.05) is 36.8 Å². The maximum Gasteiger partial charge on any atom is -0.0162 e. The van der Waals surface area contributed by atoms with E-state index in [-0.39, 0.29) is 0 Å². The summed E-state index contributed by atoms with van der Waals surface area (Å²) in [5, 5.41) is 0. The molecule has 3 rings (SSSR count). The molecule has 0 N–H and O–H groups in total. The highest BCUT2D eigenvalue weighted by molar-refractivity contribution is 5.24. The van der Waals surface area contributed by atoms with Crippen LogP contribution in [0.15, 0.2) is 24.3 Å². The van der Waals surface area contributed by atoms with Gasteiger partial charge in [0.25, 0.3) is 0 Å². The molecular weight excluding hydrogens is 228 g/mol. The molecule has 19 heavy (non-hydrogen) atoms. The quantitative estimate of drug-likeness (QED) is 0.650. The lowest BCUT2D eigenvalue weighted by Gasteiger charge is -2.37. The summed E-state index contributed by atoms with van der Waals surface area (Å²) in [5.41, 5.74) is 2.97. The zero-order valence-electron chi connectivity index (χ0n) is 12.6. The number of benzene rings is 1. The van der Waals surface area contributed by atoms with Crippen LogP contribution in [0.2, 0.25) is 0 Å². The minimum Gasteiger partial charge on any atom is -0.0625 e. The van der Waals surface area contributed by atoms with Crippen LogP contribution in [-0.4, -0.2) is 0 Å². The highest BCUT2D eigenvalue weighted by Gasteiger charge is 2.30. The van der Waals surface area contributed by atoms with Crippen LogP contribution in [0.5, 0.6) is 0 Å². The summed E-state index contributed by atoms with van der Waals surface area (Å²) in [7, 11) is 0. The van der Waals surface area contributed by atoms with E-state index in [4.69, 9.17) is 0 Å². The fourth-order valence-corrected chi connectivity index (χ4v) is 4.30. The Hall–Kier alpha value is -0.780. The molecule has 2 aliphatic carbocycles. The molecule has 0 bridgehead atoms. The van der Waals surface area contributed by atoms with E-state index in [1.54, 1.807) is 5.56 Å². The molecule has 0 amide bonds. The first-order chi connectivity index (χ1) is 9.20. The van der Waals surface area contributed by atoms with Crippen LogP contribution in [-0.2, 0) is 0 Å². The molecule has 2 fully saturated rings. The second kappa shape index (κ2) is 5.69. The molecule has 0 spiro atoms. The third-order valence-electron chi connectivity index (χ3n) is 5.53. The van der Waals surface area contributed by atoms with E-state index in [2.05, 4.69) is 38.1 Å². The Bertz CT molecular complexity index is 389. The zero-order chi connectivity index (χ0) is 13.2. The van der Waals surface area contributed by atoms with Gasteiger partial charge in [-0.3, -0.25) is 0 Å². The molecule has 0 heteroatoms. The average molecular weight is 256 g/mol. The van der Waals surface area contributed by atoms with E-state index in [1.165, 1.54) is 50.5 Å². The number of rotatable bonds is 3.